The van der Waals surface area contributed by atoms with E-state index in [4.69, 9.17) is 5.73 Å². The lowest BCUT2D eigenvalue weighted by Crippen LogP contribution is -2.05. The lowest BCUT2D eigenvalue weighted by Gasteiger charge is -1.99. The summed E-state index contributed by atoms with van der Waals surface area (Å²) < 4.78 is 1.95. The lowest BCUT2D eigenvalue weighted by atomic mass is 10.1. The Balaban J connectivity index is 0.00000144. The fourth-order valence-corrected chi connectivity index (χ4v) is 1.63. The molecule has 4 heteroatoms. The number of benzene rings is 1. The Morgan fingerprint density at radius 1 is 1.18 bits per heavy atom. The molecule has 0 aliphatic carbocycles. The molecule has 0 fully saturated rings. The number of halogens is 1. The highest BCUT2D eigenvalue weighted by atomic mass is 35.5. The average Bonchev–Trinajstić information content (AvgIpc) is 2.76. The van der Waals surface area contributed by atoms with Crippen LogP contribution in [0.4, 0.5) is 0 Å². The van der Waals surface area contributed by atoms with Gasteiger partial charge in [-0.2, -0.15) is 5.10 Å². The third-order valence-electron chi connectivity index (χ3n) is 2.61. The largest absolute Gasteiger partial charge is 0.330 e. The number of rotatable bonds is 4. The van der Waals surface area contributed by atoms with Gasteiger partial charge in [-0.1, -0.05) is 29.8 Å². The molecule has 92 valence electrons. The smallest absolute Gasteiger partial charge is 0.0568 e. The average molecular weight is 252 g/mol. The maximum absolute atomic E-state index is 5.47. The van der Waals surface area contributed by atoms with Crippen molar-refractivity contribution in [2.45, 2.75) is 19.9 Å². The van der Waals surface area contributed by atoms with Gasteiger partial charge in [0.25, 0.3) is 0 Å². The standard InChI is InChI=1S/C13H17N3.ClH/c1-11-3-5-12(6-4-11)13-9-15-16(10-13)8-2-7-14;/h3-6,9-10H,2,7-8,14H2,1H3;1H. The van der Waals surface area contributed by atoms with Gasteiger partial charge in [-0.15, -0.1) is 12.4 Å². The normalized spacial score (nSPS) is 10.0. The van der Waals surface area contributed by atoms with Crippen molar-refractivity contribution in [2.24, 2.45) is 5.73 Å². The third-order valence-corrected chi connectivity index (χ3v) is 2.61. The van der Waals surface area contributed by atoms with Gasteiger partial charge < -0.3 is 5.73 Å². The first-order chi connectivity index (χ1) is 7.79. The van der Waals surface area contributed by atoms with Gasteiger partial charge in [0.15, 0.2) is 0 Å². The van der Waals surface area contributed by atoms with Gasteiger partial charge in [0.1, 0.15) is 0 Å². The van der Waals surface area contributed by atoms with Gasteiger partial charge in [-0.3, -0.25) is 4.68 Å². The van der Waals surface area contributed by atoms with Crippen LogP contribution in [-0.4, -0.2) is 16.3 Å². The van der Waals surface area contributed by atoms with Gasteiger partial charge in [-0.25, -0.2) is 0 Å². The predicted molar refractivity (Wildman–Crippen MR) is 73.3 cm³/mol. The summed E-state index contributed by atoms with van der Waals surface area (Å²) in [4.78, 5) is 0. The molecule has 0 saturated heterocycles. The molecule has 0 aliphatic heterocycles. The number of nitrogens with zero attached hydrogens (tertiary/aromatic N) is 2. The summed E-state index contributed by atoms with van der Waals surface area (Å²) >= 11 is 0. The van der Waals surface area contributed by atoms with Crippen molar-refractivity contribution in [3.63, 3.8) is 0 Å². The molecule has 0 amide bonds. The highest BCUT2D eigenvalue weighted by molar-refractivity contribution is 5.85. The van der Waals surface area contributed by atoms with E-state index in [1.807, 2.05) is 10.9 Å². The zero-order chi connectivity index (χ0) is 11.4. The van der Waals surface area contributed by atoms with Gasteiger partial charge in [0.2, 0.25) is 0 Å². The maximum atomic E-state index is 5.47. The molecule has 17 heavy (non-hydrogen) atoms. The molecule has 0 spiro atoms. The summed E-state index contributed by atoms with van der Waals surface area (Å²) in [5.74, 6) is 0. The monoisotopic (exact) mass is 251 g/mol. The Hall–Kier alpha value is -1.32. The second-order valence-electron chi connectivity index (χ2n) is 4.00. The van der Waals surface area contributed by atoms with Crippen molar-refractivity contribution in [1.82, 2.24) is 9.78 Å². The summed E-state index contributed by atoms with van der Waals surface area (Å²) in [6.07, 6.45) is 4.94. The van der Waals surface area contributed by atoms with Gasteiger partial charge in [0, 0.05) is 18.3 Å². The second kappa shape index (κ2) is 6.42. The van der Waals surface area contributed by atoms with Crippen LogP contribution < -0.4 is 5.73 Å². The van der Waals surface area contributed by atoms with E-state index >= 15 is 0 Å². The van der Waals surface area contributed by atoms with E-state index in [0.29, 0.717) is 6.54 Å². The highest BCUT2D eigenvalue weighted by Crippen LogP contribution is 2.18. The molecule has 1 aromatic carbocycles. The topological polar surface area (TPSA) is 43.8 Å². The molecular formula is C13H18ClN3. The first-order valence-corrected chi connectivity index (χ1v) is 5.59. The summed E-state index contributed by atoms with van der Waals surface area (Å²) in [5, 5.41) is 4.31. The molecule has 2 rings (SSSR count). The SMILES string of the molecule is Cc1ccc(-c2cnn(CCCN)c2)cc1.Cl. The van der Waals surface area contributed by atoms with Crippen LogP contribution in [0.25, 0.3) is 11.1 Å². The molecule has 3 nitrogen and oxygen atoms in total. The van der Waals surface area contributed by atoms with Crippen LogP contribution in [0, 0.1) is 6.92 Å². The minimum Gasteiger partial charge on any atom is -0.330 e. The summed E-state index contributed by atoms with van der Waals surface area (Å²) in [5.41, 5.74) is 9.12. The fourth-order valence-electron chi connectivity index (χ4n) is 1.63. The van der Waals surface area contributed by atoms with Crippen LogP contribution in [0.15, 0.2) is 36.7 Å². The molecule has 2 N–H and O–H groups in total. The lowest BCUT2D eigenvalue weighted by molar-refractivity contribution is 0.585. The Labute approximate surface area is 108 Å². The van der Waals surface area contributed by atoms with Crippen LogP contribution >= 0.6 is 12.4 Å². The highest BCUT2D eigenvalue weighted by Gasteiger charge is 2.00. The molecule has 0 bridgehead atoms. The second-order valence-corrected chi connectivity index (χ2v) is 4.00. The van der Waals surface area contributed by atoms with Gasteiger partial charge in [0.05, 0.1) is 6.20 Å². The van der Waals surface area contributed by atoms with Gasteiger partial charge >= 0.3 is 0 Å². The molecular weight excluding hydrogens is 234 g/mol. The molecule has 0 atom stereocenters. The molecule has 1 aromatic heterocycles. The Kier molecular flexibility index (Phi) is 5.19. The summed E-state index contributed by atoms with van der Waals surface area (Å²) in [7, 11) is 0. The van der Waals surface area contributed by atoms with E-state index in [9.17, 15) is 0 Å². The molecule has 0 unspecified atom stereocenters. The number of hydrogen-bond acceptors (Lipinski definition) is 2. The van der Waals surface area contributed by atoms with Gasteiger partial charge in [-0.05, 0) is 25.5 Å². The molecule has 1 heterocycles. The Morgan fingerprint density at radius 3 is 2.53 bits per heavy atom. The third kappa shape index (κ3) is 3.58. The predicted octanol–water partition coefficient (Wildman–Crippen LogP) is 2.63. The number of aryl methyl sites for hydroxylation is 2. The zero-order valence-corrected chi connectivity index (χ0v) is 10.8. The van der Waals surface area contributed by atoms with Crippen molar-refractivity contribution in [3.8, 4) is 11.1 Å². The van der Waals surface area contributed by atoms with Crippen LogP contribution in [0.3, 0.4) is 0 Å². The van der Waals surface area contributed by atoms with Crippen molar-refractivity contribution < 1.29 is 0 Å². The van der Waals surface area contributed by atoms with E-state index in [-0.39, 0.29) is 12.4 Å². The number of nitrogens with two attached hydrogens (primary N) is 1. The van der Waals surface area contributed by atoms with E-state index in [2.05, 4.69) is 42.5 Å². The van der Waals surface area contributed by atoms with E-state index in [0.717, 1.165) is 18.5 Å². The molecule has 0 saturated carbocycles. The van der Waals surface area contributed by atoms with Crippen molar-refractivity contribution in [2.75, 3.05) is 6.54 Å². The van der Waals surface area contributed by atoms with Crippen LogP contribution in [-0.2, 0) is 6.54 Å². The van der Waals surface area contributed by atoms with Crippen molar-refractivity contribution in [3.05, 3.63) is 42.2 Å². The minimum absolute atomic E-state index is 0. The van der Waals surface area contributed by atoms with Crippen molar-refractivity contribution in [1.29, 1.82) is 0 Å². The minimum atomic E-state index is 0. The van der Waals surface area contributed by atoms with Crippen LogP contribution in [0.2, 0.25) is 0 Å². The maximum Gasteiger partial charge on any atom is 0.0568 e. The quantitative estimate of drug-likeness (QED) is 0.908. The zero-order valence-electron chi connectivity index (χ0n) is 9.97. The fraction of sp³-hybridized carbons (Fsp3) is 0.308. The summed E-state index contributed by atoms with van der Waals surface area (Å²) in [6.45, 7) is 3.69. The number of hydrogen-bond donors (Lipinski definition) is 1. The van der Waals surface area contributed by atoms with E-state index < -0.39 is 0 Å². The van der Waals surface area contributed by atoms with E-state index in [1.54, 1.807) is 0 Å². The first kappa shape index (κ1) is 13.7. The Bertz CT molecular complexity index is 448. The summed E-state index contributed by atoms with van der Waals surface area (Å²) in [6, 6.07) is 8.48. The first-order valence-electron chi connectivity index (χ1n) is 5.59. The van der Waals surface area contributed by atoms with Crippen LogP contribution in [0.5, 0.6) is 0 Å². The van der Waals surface area contributed by atoms with Crippen LogP contribution in [0.1, 0.15) is 12.0 Å². The molecule has 2 aromatic rings. The number of aromatic nitrogens is 2. The van der Waals surface area contributed by atoms with E-state index in [1.165, 1.54) is 11.1 Å². The molecule has 0 aliphatic rings. The Morgan fingerprint density at radius 2 is 1.88 bits per heavy atom. The van der Waals surface area contributed by atoms with Crippen molar-refractivity contribution >= 4 is 12.4 Å². The molecule has 0 radical (unpaired) electrons.